The summed E-state index contributed by atoms with van der Waals surface area (Å²) in [6.07, 6.45) is 1.37. The van der Waals surface area contributed by atoms with Gasteiger partial charge in [-0.2, -0.15) is 0 Å². The van der Waals surface area contributed by atoms with Crippen LogP contribution in [0.2, 0.25) is 0 Å². The number of aromatic nitrogens is 1. The first kappa shape index (κ1) is 14.2. The van der Waals surface area contributed by atoms with E-state index in [4.69, 9.17) is 10.0 Å². The lowest BCUT2D eigenvalue weighted by molar-refractivity contribution is -0.115. The van der Waals surface area contributed by atoms with Gasteiger partial charge < -0.3 is 15.4 Å². The van der Waals surface area contributed by atoms with E-state index in [1.54, 1.807) is 0 Å². The van der Waals surface area contributed by atoms with Gasteiger partial charge in [-0.15, -0.1) is 0 Å². The molecular formula is C13H12BFN2O3. The van der Waals surface area contributed by atoms with Crippen LogP contribution in [0, 0.1) is 5.82 Å². The number of rotatable bonds is 4. The van der Waals surface area contributed by atoms with Gasteiger partial charge >= 0.3 is 7.12 Å². The van der Waals surface area contributed by atoms with Crippen LogP contribution in [-0.2, 0) is 11.2 Å². The second kappa shape index (κ2) is 6.27. The average Bonchev–Trinajstić information content (AvgIpc) is 2.42. The molecule has 0 spiro atoms. The maximum Gasteiger partial charge on any atom is 0.490 e. The lowest BCUT2D eigenvalue weighted by Crippen LogP contribution is -2.30. The van der Waals surface area contributed by atoms with Gasteiger partial charge in [0.15, 0.2) is 0 Å². The summed E-state index contributed by atoms with van der Waals surface area (Å²) in [6, 6.07) is 8.57. The third-order valence-electron chi connectivity index (χ3n) is 2.63. The van der Waals surface area contributed by atoms with Gasteiger partial charge in [0.1, 0.15) is 11.6 Å². The van der Waals surface area contributed by atoms with Crippen molar-refractivity contribution in [2.24, 2.45) is 0 Å². The Morgan fingerprint density at radius 1 is 1.20 bits per heavy atom. The number of carbonyl (C=O) groups is 1. The normalized spacial score (nSPS) is 10.2. The van der Waals surface area contributed by atoms with E-state index in [2.05, 4.69) is 10.3 Å². The van der Waals surface area contributed by atoms with Crippen molar-refractivity contribution in [1.82, 2.24) is 4.98 Å². The van der Waals surface area contributed by atoms with E-state index in [1.807, 2.05) is 0 Å². The molecular weight excluding hydrogens is 262 g/mol. The topological polar surface area (TPSA) is 82.5 Å². The van der Waals surface area contributed by atoms with Crippen molar-refractivity contribution in [3.63, 3.8) is 0 Å². The first-order valence-corrected chi connectivity index (χ1v) is 5.91. The van der Waals surface area contributed by atoms with Crippen molar-refractivity contribution >= 4 is 24.3 Å². The van der Waals surface area contributed by atoms with Crippen LogP contribution in [0.1, 0.15) is 5.56 Å². The monoisotopic (exact) mass is 274 g/mol. The molecule has 1 amide bonds. The molecule has 0 aliphatic rings. The Balaban J connectivity index is 1.95. The summed E-state index contributed by atoms with van der Waals surface area (Å²) in [5, 5.41) is 20.4. The second-order valence-corrected chi connectivity index (χ2v) is 4.20. The minimum absolute atomic E-state index is 0.104. The van der Waals surface area contributed by atoms with Gasteiger partial charge in [0, 0.05) is 11.7 Å². The minimum Gasteiger partial charge on any atom is -0.423 e. The zero-order valence-corrected chi connectivity index (χ0v) is 10.5. The second-order valence-electron chi connectivity index (χ2n) is 4.20. The zero-order chi connectivity index (χ0) is 14.5. The summed E-state index contributed by atoms with van der Waals surface area (Å²) in [7, 11) is -1.59. The quantitative estimate of drug-likeness (QED) is 0.690. The molecule has 20 heavy (non-hydrogen) atoms. The van der Waals surface area contributed by atoms with Crippen LogP contribution >= 0.6 is 0 Å². The average molecular weight is 274 g/mol. The van der Waals surface area contributed by atoms with Gasteiger partial charge in [-0.05, 0) is 23.8 Å². The lowest BCUT2D eigenvalue weighted by Gasteiger charge is -2.05. The smallest absolute Gasteiger partial charge is 0.423 e. The van der Waals surface area contributed by atoms with Crippen molar-refractivity contribution in [3.8, 4) is 0 Å². The number of nitrogens with zero attached hydrogens (tertiary/aromatic N) is 1. The van der Waals surface area contributed by atoms with Crippen molar-refractivity contribution < 1.29 is 19.2 Å². The first-order chi connectivity index (χ1) is 9.54. The standard InChI is InChI=1S/C13H12BFN2O3/c15-11-4-1-9(2-5-11)7-13(18)17-12-6-3-10(8-16-12)14(19)20/h1-6,8,19-20H,7H2,(H,16,17,18). The largest absolute Gasteiger partial charge is 0.490 e. The third kappa shape index (κ3) is 3.87. The van der Waals surface area contributed by atoms with Crippen LogP contribution in [0.25, 0.3) is 0 Å². The molecule has 5 nitrogen and oxygen atoms in total. The molecule has 0 aliphatic heterocycles. The molecule has 0 aliphatic carbocycles. The van der Waals surface area contributed by atoms with Gasteiger partial charge in [-0.3, -0.25) is 4.79 Å². The van der Waals surface area contributed by atoms with Crippen LogP contribution in [0.5, 0.6) is 0 Å². The van der Waals surface area contributed by atoms with Crippen molar-refractivity contribution in [3.05, 3.63) is 54.0 Å². The number of benzene rings is 1. The molecule has 1 aromatic heterocycles. The lowest BCUT2D eigenvalue weighted by atomic mass is 9.82. The van der Waals surface area contributed by atoms with Gasteiger partial charge in [-0.1, -0.05) is 18.2 Å². The Bertz CT molecular complexity index is 588. The number of nitrogens with one attached hydrogen (secondary N) is 1. The van der Waals surface area contributed by atoms with Crippen molar-refractivity contribution in [1.29, 1.82) is 0 Å². The van der Waals surface area contributed by atoms with Crippen LogP contribution in [-0.4, -0.2) is 28.1 Å². The number of pyridine rings is 1. The predicted octanol–water partition coefficient (Wildman–Crippen LogP) is 0.0817. The summed E-state index contributed by atoms with van der Waals surface area (Å²) in [5.74, 6) is -0.336. The highest BCUT2D eigenvalue weighted by Crippen LogP contribution is 2.06. The zero-order valence-electron chi connectivity index (χ0n) is 10.5. The molecule has 1 heterocycles. The van der Waals surface area contributed by atoms with Crippen molar-refractivity contribution in [2.45, 2.75) is 6.42 Å². The fourth-order valence-corrected chi connectivity index (χ4v) is 1.61. The Morgan fingerprint density at radius 3 is 2.45 bits per heavy atom. The number of hydrogen-bond donors (Lipinski definition) is 3. The Labute approximate surface area is 115 Å². The maximum absolute atomic E-state index is 12.7. The molecule has 102 valence electrons. The molecule has 0 unspecified atom stereocenters. The van der Waals surface area contributed by atoms with Gasteiger partial charge in [0.25, 0.3) is 0 Å². The van der Waals surface area contributed by atoms with Crippen LogP contribution in [0.4, 0.5) is 10.2 Å². The van der Waals surface area contributed by atoms with Gasteiger partial charge in [-0.25, -0.2) is 9.37 Å². The van der Waals surface area contributed by atoms with E-state index < -0.39 is 7.12 Å². The number of carbonyl (C=O) groups excluding carboxylic acids is 1. The number of hydrogen-bond acceptors (Lipinski definition) is 4. The fraction of sp³-hybridized carbons (Fsp3) is 0.0769. The Morgan fingerprint density at radius 2 is 1.90 bits per heavy atom. The maximum atomic E-state index is 12.7. The minimum atomic E-state index is -1.59. The predicted molar refractivity (Wildman–Crippen MR) is 72.8 cm³/mol. The van der Waals surface area contributed by atoms with Crippen LogP contribution in [0.3, 0.4) is 0 Å². The van der Waals surface area contributed by atoms with E-state index >= 15 is 0 Å². The molecule has 0 saturated heterocycles. The summed E-state index contributed by atoms with van der Waals surface area (Å²) in [5.41, 5.74) is 0.924. The number of amides is 1. The molecule has 0 radical (unpaired) electrons. The highest BCUT2D eigenvalue weighted by Gasteiger charge is 2.11. The Hall–Kier alpha value is -2.25. The van der Waals surface area contributed by atoms with Gasteiger partial charge in [0.2, 0.25) is 5.91 Å². The summed E-state index contributed by atoms with van der Waals surface area (Å²) in [6.45, 7) is 0. The van der Waals surface area contributed by atoms with E-state index in [1.165, 1.54) is 42.6 Å². The highest BCUT2D eigenvalue weighted by molar-refractivity contribution is 6.58. The van der Waals surface area contributed by atoms with Crippen molar-refractivity contribution in [2.75, 3.05) is 5.32 Å². The molecule has 2 rings (SSSR count). The molecule has 0 bridgehead atoms. The molecule has 2 aromatic rings. The first-order valence-electron chi connectivity index (χ1n) is 5.91. The van der Waals surface area contributed by atoms with Gasteiger partial charge in [0.05, 0.1) is 6.42 Å². The van der Waals surface area contributed by atoms with E-state index in [9.17, 15) is 9.18 Å². The molecule has 0 saturated carbocycles. The molecule has 7 heteroatoms. The van der Waals surface area contributed by atoms with E-state index in [-0.39, 0.29) is 23.6 Å². The van der Waals surface area contributed by atoms with E-state index in [0.717, 1.165) is 0 Å². The number of anilines is 1. The molecule has 1 aromatic carbocycles. The third-order valence-corrected chi connectivity index (χ3v) is 2.63. The molecule has 0 atom stereocenters. The van der Waals surface area contributed by atoms with Crippen LogP contribution < -0.4 is 10.8 Å². The molecule has 3 N–H and O–H groups in total. The number of halogens is 1. The van der Waals surface area contributed by atoms with Crippen LogP contribution in [0.15, 0.2) is 42.6 Å². The van der Waals surface area contributed by atoms with E-state index in [0.29, 0.717) is 11.4 Å². The summed E-state index contributed by atoms with van der Waals surface area (Å²) in [4.78, 5) is 15.6. The fourth-order valence-electron chi connectivity index (χ4n) is 1.61. The summed E-state index contributed by atoms with van der Waals surface area (Å²) < 4.78 is 12.7. The Kier molecular flexibility index (Phi) is 4.44. The SMILES string of the molecule is O=C(Cc1ccc(F)cc1)Nc1ccc(B(O)O)cn1. The summed E-state index contributed by atoms with van der Waals surface area (Å²) >= 11 is 0. The molecule has 0 fully saturated rings. The highest BCUT2D eigenvalue weighted by atomic mass is 19.1.